The van der Waals surface area contributed by atoms with Crippen LogP contribution in [0.1, 0.15) is 50.9 Å². The van der Waals surface area contributed by atoms with E-state index in [2.05, 4.69) is 10.6 Å². The Morgan fingerprint density at radius 1 is 1.26 bits per heavy atom. The van der Waals surface area contributed by atoms with Gasteiger partial charge in [0.1, 0.15) is 22.9 Å². The van der Waals surface area contributed by atoms with Gasteiger partial charge in [-0.1, -0.05) is 0 Å². The number of halogens is 1. The second kappa shape index (κ2) is 12.2. The second-order valence-electron chi connectivity index (χ2n) is 7.80. The zero-order chi connectivity index (χ0) is 21.4. The summed E-state index contributed by atoms with van der Waals surface area (Å²) in [7, 11) is 1.66. The molecule has 2 aromatic rings. The monoisotopic (exact) mass is 543 g/mol. The van der Waals surface area contributed by atoms with Gasteiger partial charge in [-0.25, -0.2) is 4.99 Å². The first kappa shape index (κ1) is 25.3. The summed E-state index contributed by atoms with van der Waals surface area (Å²) in [6, 6.07) is 9.38. The molecule has 1 aromatic carbocycles. The van der Waals surface area contributed by atoms with Crippen molar-refractivity contribution in [3.63, 3.8) is 0 Å². The van der Waals surface area contributed by atoms with E-state index in [9.17, 15) is 5.11 Å². The van der Waals surface area contributed by atoms with Crippen molar-refractivity contribution in [3.05, 3.63) is 47.9 Å². The topological polar surface area (TPSA) is 88.3 Å². The van der Waals surface area contributed by atoms with E-state index in [-0.39, 0.29) is 36.6 Å². The van der Waals surface area contributed by atoms with Crippen LogP contribution in [-0.4, -0.2) is 37.4 Å². The van der Waals surface area contributed by atoms with Gasteiger partial charge in [-0.3, -0.25) is 0 Å². The highest BCUT2D eigenvalue weighted by molar-refractivity contribution is 14.0. The minimum atomic E-state index is -1.14. The number of nitrogens with zero attached hydrogens (tertiary/aromatic N) is 1. The number of hydrogen-bond acceptors (Lipinski definition) is 5. The van der Waals surface area contributed by atoms with Crippen LogP contribution in [0.5, 0.6) is 11.5 Å². The van der Waals surface area contributed by atoms with Crippen LogP contribution in [0.4, 0.5) is 0 Å². The SMILES string of the molecule is CCNC(=NCc1ccc(OC)cc1OC1CCCC1)NCC(C)(O)c1ccco1.I. The van der Waals surface area contributed by atoms with Gasteiger partial charge in [0.05, 0.1) is 32.6 Å². The van der Waals surface area contributed by atoms with Gasteiger partial charge in [-0.15, -0.1) is 24.0 Å². The third-order valence-corrected chi connectivity index (χ3v) is 5.27. The fourth-order valence-corrected chi connectivity index (χ4v) is 3.52. The normalized spacial score (nSPS) is 16.3. The number of aliphatic imine (C=N–C) groups is 1. The predicted octanol–water partition coefficient (Wildman–Crippen LogP) is 4.19. The Balaban J connectivity index is 0.00000341. The van der Waals surface area contributed by atoms with Crippen molar-refractivity contribution in [2.75, 3.05) is 20.2 Å². The van der Waals surface area contributed by atoms with Crippen molar-refractivity contribution in [2.24, 2.45) is 4.99 Å². The maximum atomic E-state index is 10.7. The smallest absolute Gasteiger partial charge is 0.191 e. The average Bonchev–Trinajstić information content (AvgIpc) is 3.45. The Kier molecular flexibility index (Phi) is 9.95. The van der Waals surface area contributed by atoms with Gasteiger partial charge >= 0.3 is 0 Å². The summed E-state index contributed by atoms with van der Waals surface area (Å²) in [6.45, 7) is 5.14. The Labute approximate surface area is 201 Å². The number of nitrogens with one attached hydrogen (secondary N) is 2. The molecule has 1 atom stereocenters. The zero-order valence-corrected chi connectivity index (χ0v) is 20.8. The van der Waals surface area contributed by atoms with Crippen molar-refractivity contribution in [3.8, 4) is 11.5 Å². The molecule has 31 heavy (non-hydrogen) atoms. The fourth-order valence-electron chi connectivity index (χ4n) is 3.52. The van der Waals surface area contributed by atoms with Crippen LogP contribution in [-0.2, 0) is 12.1 Å². The van der Waals surface area contributed by atoms with Crippen molar-refractivity contribution >= 4 is 29.9 Å². The molecule has 0 saturated heterocycles. The van der Waals surface area contributed by atoms with Crippen molar-refractivity contribution in [1.29, 1.82) is 0 Å². The van der Waals surface area contributed by atoms with Gasteiger partial charge < -0.3 is 29.6 Å². The molecule has 1 fully saturated rings. The molecule has 1 unspecified atom stereocenters. The minimum Gasteiger partial charge on any atom is -0.497 e. The second-order valence-corrected chi connectivity index (χ2v) is 7.80. The van der Waals surface area contributed by atoms with Gasteiger partial charge in [0.25, 0.3) is 0 Å². The summed E-state index contributed by atoms with van der Waals surface area (Å²) in [5, 5.41) is 17.1. The summed E-state index contributed by atoms with van der Waals surface area (Å²) in [5.41, 5.74) is -0.144. The van der Waals surface area contributed by atoms with E-state index in [1.807, 2.05) is 25.1 Å². The number of aliphatic hydroxyl groups is 1. The van der Waals surface area contributed by atoms with Crippen molar-refractivity contribution < 1.29 is 19.0 Å². The Morgan fingerprint density at radius 3 is 2.68 bits per heavy atom. The number of ether oxygens (including phenoxy) is 2. The lowest BCUT2D eigenvalue weighted by molar-refractivity contribution is 0.0386. The van der Waals surface area contributed by atoms with E-state index in [1.165, 1.54) is 12.8 Å². The molecule has 3 N–H and O–H groups in total. The van der Waals surface area contributed by atoms with Gasteiger partial charge in [0.2, 0.25) is 0 Å². The molecule has 0 spiro atoms. The maximum absolute atomic E-state index is 10.7. The molecule has 0 radical (unpaired) electrons. The molecule has 1 aromatic heterocycles. The number of methoxy groups -OCH3 is 1. The van der Waals surface area contributed by atoms with Crippen LogP contribution in [0.25, 0.3) is 0 Å². The first-order valence-corrected chi connectivity index (χ1v) is 10.6. The van der Waals surface area contributed by atoms with Crippen LogP contribution in [0.2, 0.25) is 0 Å². The van der Waals surface area contributed by atoms with E-state index in [0.717, 1.165) is 29.9 Å². The van der Waals surface area contributed by atoms with Gasteiger partial charge in [0.15, 0.2) is 5.96 Å². The molecule has 1 aliphatic carbocycles. The van der Waals surface area contributed by atoms with E-state index in [0.29, 0.717) is 24.8 Å². The predicted molar refractivity (Wildman–Crippen MR) is 132 cm³/mol. The summed E-state index contributed by atoms with van der Waals surface area (Å²) < 4.78 is 17.0. The largest absolute Gasteiger partial charge is 0.497 e. The number of furan rings is 1. The van der Waals surface area contributed by atoms with Crippen LogP contribution in [0.15, 0.2) is 46.0 Å². The zero-order valence-electron chi connectivity index (χ0n) is 18.5. The molecule has 1 aliphatic rings. The number of guanidine groups is 1. The van der Waals surface area contributed by atoms with E-state index < -0.39 is 5.60 Å². The highest BCUT2D eigenvalue weighted by Crippen LogP contribution is 2.30. The molecular formula is C23H34IN3O4. The van der Waals surface area contributed by atoms with Crippen LogP contribution >= 0.6 is 24.0 Å². The first-order valence-electron chi connectivity index (χ1n) is 10.6. The molecule has 172 valence electrons. The van der Waals surface area contributed by atoms with E-state index >= 15 is 0 Å². The maximum Gasteiger partial charge on any atom is 0.191 e. The third-order valence-electron chi connectivity index (χ3n) is 5.27. The molecule has 0 aliphatic heterocycles. The van der Waals surface area contributed by atoms with Crippen molar-refractivity contribution in [2.45, 2.75) is 57.8 Å². The standard InChI is InChI=1S/C23H33N3O4.HI/c1-4-24-22(26-16-23(2,27)21-10-7-13-29-21)25-15-17-11-12-19(28-3)14-20(17)30-18-8-5-6-9-18;/h7,10-14,18,27H,4-6,8-9,15-16H2,1-3H3,(H2,24,25,26);1H. The number of rotatable bonds is 9. The summed E-state index contributed by atoms with van der Waals surface area (Å²) in [6.07, 6.45) is 6.42. The van der Waals surface area contributed by atoms with E-state index in [4.69, 9.17) is 18.9 Å². The molecule has 1 saturated carbocycles. The van der Waals surface area contributed by atoms with Gasteiger partial charge in [-0.05, 0) is 63.8 Å². The van der Waals surface area contributed by atoms with E-state index in [1.54, 1.807) is 32.4 Å². The van der Waals surface area contributed by atoms with Crippen LogP contribution < -0.4 is 20.1 Å². The lowest BCUT2D eigenvalue weighted by Gasteiger charge is -2.23. The Bertz CT molecular complexity index is 818. The summed E-state index contributed by atoms with van der Waals surface area (Å²) in [5.74, 6) is 2.72. The minimum absolute atomic E-state index is 0. The number of benzene rings is 1. The molecule has 1 heterocycles. The highest BCUT2D eigenvalue weighted by Gasteiger charge is 2.26. The molecule has 7 nitrogen and oxygen atoms in total. The van der Waals surface area contributed by atoms with Crippen molar-refractivity contribution in [1.82, 2.24) is 10.6 Å². The molecular weight excluding hydrogens is 509 g/mol. The molecule has 8 heteroatoms. The lowest BCUT2D eigenvalue weighted by atomic mass is 10.0. The summed E-state index contributed by atoms with van der Waals surface area (Å²) >= 11 is 0. The van der Waals surface area contributed by atoms with Crippen LogP contribution in [0.3, 0.4) is 0 Å². The van der Waals surface area contributed by atoms with Crippen LogP contribution in [0, 0.1) is 0 Å². The average molecular weight is 543 g/mol. The third kappa shape index (κ3) is 7.31. The molecule has 0 bridgehead atoms. The fraction of sp³-hybridized carbons (Fsp3) is 0.522. The van der Waals surface area contributed by atoms with Gasteiger partial charge in [-0.2, -0.15) is 0 Å². The first-order chi connectivity index (χ1) is 14.5. The molecule has 0 amide bonds. The lowest BCUT2D eigenvalue weighted by Crippen LogP contribution is -2.44. The highest BCUT2D eigenvalue weighted by atomic mass is 127. The Morgan fingerprint density at radius 2 is 2.03 bits per heavy atom. The number of hydrogen-bond donors (Lipinski definition) is 3. The quantitative estimate of drug-likeness (QED) is 0.250. The van der Waals surface area contributed by atoms with Gasteiger partial charge in [0, 0.05) is 18.2 Å². The Hall–Kier alpha value is -1.94. The summed E-state index contributed by atoms with van der Waals surface area (Å²) in [4.78, 5) is 4.69. The molecule has 3 rings (SSSR count).